The van der Waals surface area contributed by atoms with E-state index in [9.17, 15) is 0 Å². The van der Waals surface area contributed by atoms with Crippen LogP contribution in [-0.4, -0.2) is 23.9 Å². The van der Waals surface area contributed by atoms with Crippen LogP contribution in [0.5, 0.6) is 5.75 Å². The van der Waals surface area contributed by atoms with Gasteiger partial charge in [-0.2, -0.15) is 0 Å². The van der Waals surface area contributed by atoms with E-state index in [1.54, 1.807) is 23.1 Å². The van der Waals surface area contributed by atoms with Crippen LogP contribution in [-0.2, 0) is 0 Å². The largest absolute Gasteiger partial charge is 0.494 e. The summed E-state index contributed by atoms with van der Waals surface area (Å²) >= 11 is 3.47. The number of para-hydroxylation sites is 1. The van der Waals surface area contributed by atoms with E-state index >= 15 is 0 Å². The number of benzene rings is 1. The first-order valence-electron chi connectivity index (χ1n) is 6.82. The number of ether oxygens (including phenoxy) is 1. The topological polar surface area (TPSA) is 34.2 Å². The van der Waals surface area contributed by atoms with Gasteiger partial charge in [-0.05, 0) is 19.5 Å². The Labute approximate surface area is 128 Å². The van der Waals surface area contributed by atoms with E-state index in [4.69, 9.17) is 4.74 Å². The first-order valence-corrected chi connectivity index (χ1v) is 8.69. The van der Waals surface area contributed by atoms with Crippen molar-refractivity contribution in [2.24, 2.45) is 0 Å². The van der Waals surface area contributed by atoms with E-state index < -0.39 is 0 Å². The molecule has 1 unspecified atom stereocenters. The Morgan fingerprint density at radius 1 is 1.35 bits per heavy atom. The highest BCUT2D eigenvalue weighted by atomic mass is 32.2. The van der Waals surface area contributed by atoms with E-state index in [-0.39, 0.29) is 6.04 Å². The molecule has 20 heavy (non-hydrogen) atoms. The molecular weight excluding hydrogens is 288 g/mol. The molecule has 2 rings (SSSR count). The van der Waals surface area contributed by atoms with Crippen molar-refractivity contribution in [1.29, 1.82) is 0 Å². The average Bonchev–Trinajstić information content (AvgIpc) is 2.98. The molecule has 2 aromatic rings. The minimum absolute atomic E-state index is 0.275. The summed E-state index contributed by atoms with van der Waals surface area (Å²) in [6.07, 6.45) is 1.85. The van der Waals surface area contributed by atoms with Crippen molar-refractivity contribution >= 4 is 23.1 Å². The minimum atomic E-state index is 0.275. The first-order chi connectivity index (χ1) is 9.85. The number of aromatic nitrogens is 1. The van der Waals surface area contributed by atoms with Crippen LogP contribution in [0.3, 0.4) is 0 Å². The summed E-state index contributed by atoms with van der Waals surface area (Å²) in [5.74, 6) is 1.92. The second-order valence-electron chi connectivity index (χ2n) is 4.19. The average molecular weight is 308 g/mol. The third-order valence-corrected chi connectivity index (χ3v) is 4.89. The summed E-state index contributed by atoms with van der Waals surface area (Å²) in [6, 6.07) is 8.54. The van der Waals surface area contributed by atoms with Crippen LogP contribution in [0.25, 0.3) is 0 Å². The van der Waals surface area contributed by atoms with Crippen molar-refractivity contribution in [1.82, 2.24) is 10.3 Å². The number of nitrogens with zero attached hydrogens (tertiary/aromatic N) is 1. The summed E-state index contributed by atoms with van der Waals surface area (Å²) < 4.78 is 6.85. The molecule has 0 saturated carbocycles. The van der Waals surface area contributed by atoms with Gasteiger partial charge >= 0.3 is 0 Å². The molecule has 0 spiro atoms. The molecule has 1 aromatic carbocycles. The maximum Gasteiger partial charge on any atom is 0.149 e. The lowest BCUT2D eigenvalue weighted by Crippen LogP contribution is -2.23. The predicted molar refractivity (Wildman–Crippen MR) is 86.9 cm³/mol. The Hall–Kier alpha value is -1.04. The lowest BCUT2D eigenvalue weighted by atomic mass is 10.1. The van der Waals surface area contributed by atoms with Crippen LogP contribution in [0.4, 0.5) is 0 Å². The van der Waals surface area contributed by atoms with Crippen molar-refractivity contribution in [3.05, 3.63) is 41.4 Å². The van der Waals surface area contributed by atoms with Crippen molar-refractivity contribution in [2.45, 2.75) is 24.2 Å². The zero-order chi connectivity index (χ0) is 14.2. The van der Waals surface area contributed by atoms with Crippen molar-refractivity contribution < 1.29 is 4.74 Å². The molecule has 3 nitrogen and oxygen atoms in total. The lowest BCUT2D eigenvalue weighted by Gasteiger charge is -2.20. The molecule has 1 atom stereocenters. The van der Waals surface area contributed by atoms with Gasteiger partial charge in [0.1, 0.15) is 10.1 Å². The normalized spacial score (nSPS) is 12.3. The van der Waals surface area contributed by atoms with Gasteiger partial charge in [0.05, 0.1) is 6.61 Å². The monoisotopic (exact) mass is 308 g/mol. The molecule has 0 bridgehead atoms. The molecule has 5 heteroatoms. The van der Waals surface area contributed by atoms with Crippen molar-refractivity contribution in [2.75, 3.05) is 18.9 Å². The number of hydrogen-bond donors (Lipinski definition) is 1. The lowest BCUT2D eigenvalue weighted by molar-refractivity contribution is 0.333. The number of thiazole rings is 1. The Morgan fingerprint density at radius 2 is 2.20 bits per heavy atom. The van der Waals surface area contributed by atoms with Crippen molar-refractivity contribution in [3.63, 3.8) is 0 Å². The van der Waals surface area contributed by atoms with Crippen LogP contribution in [0.1, 0.15) is 25.5 Å². The first kappa shape index (κ1) is 15.4. The number of rotatable bonds is 8. The van der Waals surface area contributed by atoms with E-state index in [1.807, 2.05) is 30.6 Å². The molecule has 0 saturated heterocycles. The quantitative estimate of drug-likeness (QED) is 0.748. The van der Waals surface area contributed by atoms with E-state index in [2.05, 4.69) is 29.4 Å². The van der Waals surface area contributed by atoms with Crippen LogP contribution in [0.15, 0.2) is 40.2 Å². The minimum Gasteiger partial charge on any atom is -0.494 e. The molecule has 0 aliphatic carbocycles. The van der Waals surface area contributed by atoms with Gasteiger partial charge in [-0.15, -0.1) is 11.3 Å². The maximum absolute atomic E-state index is 5.74. The second-order valence-corrected chi connectivity index (χ2v) is 6.35. The van der Waals surface area contributed by atoms with Crippen LogP contribution < -0.4 is 10.1 Å². The molecule has 0 radical (unpaired) electrons. The zero-order valence-electron chi connectivity index (χ0n) is 11.8. The second kappa shape index (κ2) is 8.29. The van der Waals surface area contributed by atoms with E-state index in [0.717, 1.165) is 22.4 Å². The van der Waals surface area contributed by atoms with Gasteiger partial charge in [0, 0.05) is 28.9 Å². The fourth-order valence-electron chi connectivity index (χ4n) is 2.00. The summed E-state index contributed by atoms with van der Waals surface area (Å²) in [4.78, 5) is 4.32. The Balaban J connectivity index is 2.10. The van der Waals surface area contributed by atoms with Gasteiger partial charge in [-0.25, -0.2) is 4.98 Å². The van der Waals surface area contributed by atoms with Crippen LogP contribution >= 0.6 is 23.1 Å². The van der Waals surface area contributed by atoms with Crippen LogP contribution in [0.2, 0.25) is 0 Å². The molecule has 0 aliphatic heterocycles. The Morgan fingerprint density at radius 3 is 2.90 bits per heavy atom. The van der Waals surface area contributed by atoms with Gasteiger partial charge in [-0.1, -0.05) is 36.9 Å². The molecule has 0 fully saturated rings. The molecule has 1 N–H and O–H groups in total. The zero-order valence-corrected chi connectivity index (χ0v) is 13.5. The number of hydrogen-bond acceptors (Lipinski definition) is 5. The molecule has 108 valence electrons. The van der Waals surface area contributed by atoms with Gasteiger partial charge in [0.25, 0.3) is 0 Å². The van der Waals surface area contributed by atoms with Gasteiger partial charge < -0.3 is 10.1 Å². The van der Waals surface area contributed by atoms with Crippen molar-refractivity contribution in [3.8, 4) is 5.75 Å². The van der Waals surface area contributed by atoms with Gasteiger partial charge in [0.2, 0.25) is 0 Å². The molecule has 0 amide bonds. The number of thioether (sulfide) groups is 1. The molecule has 0 aliphatic rings. The molecule has 1 heterocycles. The third kappa shape index (κ3) is 4.23. The molecular formula is C15H20N2OS2. The predicted octanol–water partition coefficient (Wildman–Crippen LogP) is 3.98. The summed E-state index contributed by atoms with van der Waals surface area (Å²) in [5, 5.41) is 5.55. The highest BCUT2D eigenvalue weighted by molar-refractivity contribution is 8.01. The number of nitrogens with one attached hydrogen (secondary N) is 1. The highest BCUT2D eigenvalue weighted by Gasteiger charge is 2.16. The summed E-state index contributed by atoms with van der Waals surface area (Å²) in [6.45, 7) is 5.77. The summed E-state index contributed by atoms with van der Waals surface area (Å²) in [7, 11) is 0. The summed E-state index contributed by atoms with van der Waals surface area (Å²) in [5.41, 5.74) is 1.22. The standard InChI is InChI=1S/C15H20N2OS2/c1-3-16-13(11-20-15-17-9-10-19-15)12-7-5-6-8-14(12)18-4-2/h5-10,13,16H,3-4,11H2,1-2H3. The van der Waals surface area contributed by atoms with Gasteiger partial charge in [0.15, 0.2) is 0 Å². The maximum atomic E-state index is 5.74. The highest BCUT2D eigenvalue weighted by Crippen LogP contribution is 2.30. The SMILES string of the molecule is CCNC(CSc1nccs1)c1ccccc1OCC. The third-order valence-electron chi connectivity index (χ3n) is 2.83. The van der Waals surface area contributed by atoms with E-state index in [1.165, 1.54) is 5.56 Å². The van der Waals surface area contributed by atoms with E-state index in [0.29, 0.717) is 6.61 Å². The van der Waals surface area contributed by atoms with Gasteiger partial charge in [-0.3, -0.25) is 0 Å². The smallest absolute Gasteiger partial charge is 0.149 e. The molecule has 1 aromatic heterocycles. The van der Waals surface area contributed by atoms with Crippen LogP contribution in [0, 0.1) is 0 Å². The fraction of sp³-hybridized carbons (Fsp3) is 0.400. The Bertz CT molecular complexity index is 502. The fourth-order valence-corrected chi connectivity index (χ4v) is 3.74. The Kier molecular flexibility index (Phi) is 6.36.